The molecular weight excluding hydrogens is 438 g/mol. The first-order valence-electron chi connectivity index (χ1n) is 12.2. The Labute approximate surface area is 206 Å². The first-order chi connectivity index (χ1) is 17.1. The number of nitrogens with one attached hydrogen (secondary N) is 2. The van der Waals surface area contributed by atoms with Crippen molar-refractivity contribution in [2.45, 2.75) is 31.2 Å². The fourth-order valence-corrected chi connectivity index (χ4v) is 4.55. The second-order valence-electron chi connectivity index (χ2n) is 8.71. The van der Waals surface area contributed by atoms with E-state index in [0.29, 0.717) is 38.0 Å². The van der Waals surface area contributed by atoms with Gasteiger partial charge in [0.2, 0.25) is 11.8 Å². The van der Waals surface area contributed by atoms with Gasteiger partial charge in [0, 0.05) is 25.2 Å². The van der Waals surface area contributed by atoms with Gasteiger partial charge < -0.3 is 15.5 Å². The molecule has 3 aromatic carbocycles. The van der Waals surface area contributed by atoms with Crippen molar-refractivity contribution in [2.75, 3.05) is 19.6 Å². The first kappa shape index (κ1) is 24.2. The average Bonchev–Trinajstić information content (AvgIpc) is 3.40. The lowest BCUT2D eigenvalue weighted by molar-refractivity contribution is -0.138. The highest BCUT2D eigenvalue weighted by Gasteiger charge is 2.38. The Morgan fingerprint density at radius 1 is 0.771 bits per heavy atom. The van der Waals surface area contributed by atoms with Crippen molar-refractivity contribution in [2.24, 2.45) is 0 Å². The summed E-state index contributed by atoms with van der Waals surface area (Å²) in [7, 11) is 0. The molecule has 6 heteroatoms. The molecule has 1 fully saturated rings. The van der Waals surface area contributed by atoms with Crippen LogP contribution in [0.2, 0.25) is 0 Å². The van der Waals surface area contributed by atoms with Gasteiger partial charge in [0.05, 0.1) is 5.92 Å². The molecule has 1 heterocycles. The second-order valence-corrected chi connectivity index (χ2v) is 8.71. The lowest BCUT2D eigenvalue weighted by atomic mass is 9.90. The third-order valence-electron chi connectivity index (χ3n) is 6.33. The zero-order valence-electron chi connectivity index (χ0n) is 19.7. The maximum Gasteiger partial charge on any atom is 0.251 e. The summed E-state index contributed by atoms with van der Waals surface area (Å²) < 4.78 is 0. The van der Waals surface area contributed by atoms with E-state index in [-0.39, 0.29) is 17.7 Å². The van der Waals surface area contributed by atoms with Crippen molar-refractivity contribution in [3.63, 3.8) is 0 Å². The van der Waals surface area contributed by atoms with Gasteiger partial charge in [-0.25, -0.2) is 0 Å². The number of hydrogen-bond donors (Lipinski definition) is 2. The molecule has 0 unspecified atom stereocenters. The van der Waals surface area contributed by atoms with Crippen LogP contribution in [-0.4, -0.2) is 48.3 Å². The van der Waals surface area contributed by atoms with Crippen LogP contribution in [0, 0.1) is 0 Å². The minimum absolute atomic E-state index is 0.0461. The third kappa shape index (κ3) is 6.15. The van der Waals surface area contributed by atoms with Gasteiger partial charge in [-0.05, 0) is 42.5 Å². The molecule has 180 valence electrons. The minimum Gasteiger partial charge on any atom is -0.354 e. The summed E-state index contributed by atoms with van der Waals surface area (Å²) in [5.41, 5.74) is 2.45. The molecule has 1 aliphatic heterocycles. The van der Waals surface area contributed by atoms with Crippen molar-refractivity contribution >= 4 is 17.7 Å². The van der Waals surface area contributed by atoms with Gasteiger partial charge in [-0.1, -0.05) is 78.9 Å². The zero-order valence-corrected chi connectivity index (χ0v) is 19.7. The minimum atomic E-state index is -0.476. The quantitative estimate of drug-likeness (QED) is 0.469. The summed E-state index contributed by atoms with van der Waals surface area (Å²) in [5, 5.41) is 5.82. The van der Waals surface area contributed by atoms with Crippen molar-refractivity contribution in [3.05, 3.63) is 108 Å². The van der Waals surface area contributed by atoms with E-state index in [4.69, 9.17) is 0 Å². The number of nitrogens with zero attached hydrogens (tertiary/aromatic N) is 1. The lowest BCUT2D eigenvalue weighted by Gasteiger charge is -2.29. The van der Waals surface area contributed by atoms with Gasteiger partial charge in [-0.2, -0.15) is 0 Å². The van der Waals surface area contributed by atoms with Crippen molar-refractivity contribution < 1.29 is 14.4 Å². The summed E-state index contributed by atoms with van der Waals surface area (Å²) in [6, 6.07) is 28.0. The molecule has 6 nitrogen and oxygen atoms in total. The number of carbonyl (C=O) groups is 3. The van der Waals surface area contributed by atoms with E-state index in [1.165, 1.54) is 0 Å². The van der Waals surface area contributed by atoms with E-state index in [9.17, 15) is 14.4 Å². The normalized spacial score (nSPS) is 15.1. The highest BCUT2D eigenvalue weighted by Crippen LogP contribution is 2.30. The summed E-state index contributed by atoms with van der Waals surface area (Å²) in [4.78, 5) is 40.6. The fraction of sp³-hybridized carbons (Fsp3) is 0.276. The number of amides is 3. The Bertz CT molecular complexity index is 1080. The van der Waals surface area contributed by atoms with Gasteiger partial charge in [-0.15, -0.1) is 0 Å². The standard InChI is InChI=1S/C29H31N3O3/c33-27(24-16-8-3-9-17-24)30-19-11-20-31-28(34)25-18-10-21-32(25)29(35)26(22-12-4-1-5-13-22)23-14-6-2-7-15-23/h1-9,12-17,25-26H,10-11,18-21H2,(H,30,33)(H,31,34)/t25-/m0/s1. The average molecular weight is 470 g/mol. The molecule has 0 aliphatic carbocycles. The van der Waals surface area contributed by atoms with E-state index < -0.39 is 12.0 Å². The van der Waals surface area contributed by atoms with Crippen LogP contribution in [0.25, 0.3) is 0 Å². The van der Waals surface area contributed by atoms with Crippen molar-refractivity contribution in [1.82, 2.24) is 15.5 Å². The first-order valence-corrected chi connectivity index (χ1v) is 12.2. The number of hydrogen-bond acceptors (Lipinski definition) is 3. The van der Waals surface area contributed by atoms with Crippen molar-refractivity contribution in [3.8, 4) is 0 Å². The molecule has 2 N–H and O–H groups in total. The Morgan fingerprint density at radius 2 is 1.31 bits per heavy atom. The molecule has 35 heavy (non-hydrogen) atoms. The van der Waals surface area contributed by atoms with E-state index in [0.717, 1.165) is 17.5 Å². The molecule has 3 amide bonds. The Hall–Kier alpha value is -3.93. The second kappa shape index (κ2) is 12.0. The van der Waals surface area contributed by atoms with Gasteiger partial charge in [0.15, 0.2) is 0 Å². The number of benzene rings is 3. The van der Waals surface area contributed by atoms with Crippen molar-refractivity contribution in [1.29, 1.82) is 0 Å². The fourth-order valence-electron chi connectivity index (χ4n) is 4.55. The Kier molecular flexibility index (Phi) is 8.28. The predicted octanol–water partition coefficient (Wildman–Crippen LogP) is 3.75. The topological polar surface area (TPSA) is 78.5 Å². The van der Waals surface area contributed by atoms with Crippen LogP contribution in [-0.2, 0) is 9.59 Å². The summed E-state index contributed by atoms with van der Waals surface area (Å²) in [5.74, 6) is -0.753. The van der Waals surface area contributed by atoms with Crippen LogP contribution < -0.4 is 10.6 Å². The SMILES string of the molecule is O=C(NCCCNC(=O)[C@@H]1CCCN1C(=O)C(c1ccccc1)c1ccccc1)c1ccccc1. The number of likely N-dealkylation sites (tertiary alicyclic amines) is 1. The molecule has 0 aromatic heterocycles. The zero-order chi connectivity index (χ0) is 24.5. The van der Waals surface area contributed by atoms with Gasteiger partial charge in [-0.3, -0.25) is 14.4 Å². The monoisotopic (exact) mass is 469 g/mol. The van der Waals surface area contributed by atoms with Crippen LogP contribution >= 0.6 is 0 Å². The highest BCUT2D eigenvalue weighted by molar-refractivity contribution is 5.94. The largest absolute Gasteiger partial charge is 0.354 e. The van der Waals surface area contributed by atoms with E-state index in [1.807, 2.05) is 78.9 Å². The molecular formula is C29H31N3O3. The van der Waals surface area contributed by atoms with Crippen LogP contribution in [0.5, 0.6) is 0 Å². The van der Waals surface area contributed by atoms with Crippen LogP contribution in [0.1, 0.15) is 46.7 Å². The maximum absolute atomic E-state index is 13.7. The number of rotatable bonds is 9. The summed E-state index contributed by atoms with van der Waals surface area (Å²) >= 11 is 0. The third-order valence-corrected chi connectivity index (χ3v) is 6.33. The Balaban J connectivity index is 1.34. The van der Waals surface area contributed by atoms with Crippen LogP contribution in [0.15, 0.2) is 91.0 Å². The van der Waals surface area contributed by atoms with E-state index >= 15 is 0 Å². The molecule has 3 aromatic rings. The molecule has 0 spiro atoms. The van der Waals surface area contributed by atoms with Gasteiger partial charge in [0.1, 0.15) is 6.04 Å². The molecule has 0 radical (unpaired) electrons. The Morgan fingerprint density at radius 3 is 1.91 bits per heavy atom. The van der Waals surface area contributed by atoms with Gasteiger partial charge in [0.25, 0.3) is 5.91 Å². The maximum atomic E-state index is 13.7. The van der Waals surface area contributed by atoms with E-state index in [2.05, 4.69) is 10.6 Å². The van der Waals surface area contributed by atoms with Crippen LogP contribution in [0.4, 0.5) is 0 Å². The van der Waals surface area contributed by atoms with Gasteiger partial charge >= 0.3 is 0 Å². The number of carbonyl (C=O) groups excluding carboxylic acids is 3. The lowest BCUT2D eigenvalue weighted by Crippen LogP contribution is -2.48. The predicted molar refractivity (Wildman–Crippen MR) is 136 cm³/mol. The van der Waals surface area contributed by atoms with Crippen LogP contribution in [0.3, 0.4) is 0 Å². The molecule has 1 saturated heterocycles. The highest BCUT2D eigenvalue weighted by atomic mass is 16.2. The molecule has 1 atom stereocenters. The molecule has 4 rings (SSSR count). The molecule has 1 aliphatic rings. The smallest absolute Gasteiger partial charge is 0.251 e. The molecule has 0 saturated carbocycles. The van der Waals surface area contributed by atoms with E-state index in [1.54, 1.807) is 17.0 Å². The summed E-state index contributed by atoms with van der Waals surface area (Å²) in [6.45, 7) is 1.47. The summed E-state index contributed by atoms with van der Waals surface area (Å²) in [6.07, 6.45) is 2.06. The molecule has 0 bridgehead atoms.